The van der Waals surface area contributed by atoms with Crippen LogP contribution in [0.5, 0.6) is 0 Å². The fourth-order valence-corrected chi connectivity index (χ4v) is 8.37. The summed E-state index contributed by atoms with van der Waals surface area (Å²) in [5.41, 5.74) is 15.1. The van der Waals surface area contributed by atoms with Crippen LogP contribution >= 0.6 is 0 Å². The molecule has 4 heteroatoms. The van der Waals surface area contributed by atoms with Gasteiger partial charge < -0.3 is 14.5 Å². The van der Waals surface area contributed by atoms with Gasteiger partial charge in [-0.25, -0.2) is 0 Å². The fourth-order valence-electron chi connectivity index (χ4n) is 8.37. The predicted octanol–water partition coefficient (Wildman–Crippen LogP) is 10.5. The smallest absolute Gasteiger partial charge is 0.248 e. The molecule has 3 nitrogen and oxygen atoms in total. The van der Waals surface area contributed by atoms with Crippen molar-refractivity contribution in [3.63, 3.8) is 0 Å². The quantitative estimate of drug-likeness (QED) is 0.180. The average Bonchev–Trinajstić information content (AvgIpc) is 3.65. The number of ether oxygens (including phenoxy) is 1. The molecule has 3 aliphatic heterocycles. The first-order valence-corrected chi connectivity index (χ1v) is 18.0. The topological polar surface area (TPSA) is 15.7 Å². The third kappa shape index (κ3) is 4.80. The second kappa shape index (κ2) is 11.1. The van der Waals surface area contributed by atoms with Crippen LogP contribution in [0.4, 0.5) is 34.1 Å². The van der Waals surface area contributed by atoms with Gasteiger partial charge in [0.05, 0.1) is 0 Å². The van der Waals surface area contributed by atoms with E-state index in [0.717, 1.165) is 28.5 Å². The van der Waals surface area contributed by atoms with Crippen LogP contribution in [-0.2, 0) is 15.6 Å². The van der Waals surface area contributed by atoms with Gasteiger partial charge in [-0.1, -0.05) is 120 Å². The van der Waals surface area contributed by atoms with Crippen molar-refractivity contribution in [3.05, 3.63) is 162 Å². The molecule has 9 rings (SSSR count). The van der Waals surface area contributed by atoms with Gasteiger partial charge in [-0.05, 0) is 99.0 Å². The lowest BCUT2D eigenvalue weighted by atomic mass is 9.34. The lowest BCUT2D eigenvalue weighted by molar-refractivity contribution is 0.212. The summed E-state index contributed by atoms with van der Waals surface area (Å²) in [7, 11) is 0. The summed E-state index contributed by atoms with van der Waals surface area (Å²) in [6.07, 6.45) is 8.90. The number of benzene rings is 5. The summed E-state index contributed by atoms with van der Waals surface area (Å²) in [5, 5.41) is 0. The lowest BCUT2D eigenvalue weighted by Crippen LogP contribution is -2.51. The number of anilines is 6. The van der Waals surface area contributed by atoms with Gasteiger partial charge in [0.2, 0.25) is 6.71 Å². The highest BCUT2D eigenvalue weighted by Crippen LogP contribution is 2.50. The van der Waals surface area contributed by atoms with E-state index < -0.39 is 0 Å². The summed E-state index contributed by atoms with van der Waals surface area (Å²) < 4.78 is 6.75. The van der Waals surface area contributed by atoms with Crippen molar-refractivity contribution in [3.8, 4) is 0 Å². The number of para-hydroxylation sites is 1. The van der Waals surface area contributed by atoms with E-state index in [0.29, 0.717) is 0 Å². The largest absolute Gasteiger partial charge is 0.486 e. The molecule has 0 bridgehead atoms. The molecule has 0 fully saturated rings. The van der Waals surface area contributed by atoms with Crippen LogP contribution in [0.1, 0.15) is 58.2 Å². The van der Waals surface area contributed by atoms with Crippen LogP contribution in [0, 0.1) is 5.92 Å². The SMILES string of the molecule is CC(C)(C)c1ccc(N(c2ccc(C(C)(C)C)cc2)c2ccc3c(c2)N(c2ccccc2)c2cccc4c2B3C2=C4OC3C=CC=CC23)cc1. The summed E-state index contributed by atoms with van der Waals surface area (Å²) in [4.78, 5) is 4.88. The number of allylic oxidation sites excluding steroid dienone is 2. The van der Waals surface area contributed by atoms with Gasteiger partial charge in [0.25, 0.3) is 0 Å². The molecule has 3 heterocycles. The number of hydrogen-bond acceptors (Lipinski definition) is 3. The van der Waals surface area contributed by atoms with E-state index in [9.17, 15) is 0 Å². The van der Waals surface area contributed by atoms with Crippen molar-refractivity contribution >= 4 is 57.5 Å². The minimum atomic E-state index is 0.0549. The van der Waals surface area contributed by atoms with Crippen molar-refractivity contribution in [2.45, 2.75) is 58.5 Å². The Morgan fingerprint density at radius 1 is 0.620 bits per heavy atom. The second-order valence-corrected chi connectivity index (χ2v) is 16.2. The predicted molar refractivity (Wildman–Crippen MR) is 212 cm³/mol. The zero-order chi connectivity index (χ0) is 34.4. The molecular weight excluding hydrogens is 607 g/mol. The molecule has 0 amide bonds. The Bertz CT molecular complexity index is 2160. The Balaban J connectivity index is 1.25. The highest BCUT2D eigenvalue weighted by atomic mass is 16.5. The average molecular weight is 651 g/mol. The van der Waals surface area contributed by atoms with Crippen molar-refractivity contribution in [1.82, 2.24) is 0 Å². The van der Waals surface area contributed by atoms with E-state index in [-0.39, 0.29) is 29.6 Å². The van der Waals surface area contributed by atoms with Crippen LogP contribution in [-0.4, -0.2) is 12.8 Å². The van der Waals surface area contributed by atoms with E-state index in [1.165, 1.54) is 44.5 Å². The van der Waals surface area contributed by atoms with E-state index in [1.807, 2.05) is 0 Å². The van der Waals surface area contributed by atoms with Crippen LogP contribution < -0.4 is 20.7 Å². The minimum Gasteiger partial charge on any atom is -0.486 e. The van der Waals surface area contributed by atoms with E-state index in [4.69, 9.17) is 4.74 Å². The van der Waals surface area contributed by atoms with Gasteiger partial charge in [0.15, 0.2) is 0 Å². The standard InChI is InChI=1S/C46H43BN2O/c1-45(2,3)30-19-23-33(24-20-30)48(34-25-21-31(22-26-34)46(4,5)6)35-27-28-38-40(29-35)49(32-13-8-7-9-14-32)39-17-12-16-37-42(39)47(38)43-36-15-10-11-18-41(36)50-44(37)43/h7-29,36,41H,1-6H3. The molecule has 0 aromatic heterocycles. The highest BCUT2D eigenvalue weighted by molar-refractivity contribution is 6.96. The van der Waals surface area contributed by atoms with Gasteiger partial charge in [-0.15, -0.1) is 0 Å². The zero-order valence-electron chi connectivity index (χ0n) is 29.8. The van der Waals surface area contributed by atoms with Crippen LogP contribution in [0.2, 0.25) is 0 Å². The van der Waals surface area contributed by atoms with Crippen molar-refractivity contribution in [1.29, 1.82) is 0 Å². The highest BCUT2D eigenvalue weighted by Gasteiger charge is 2.51. The van der Waals surface area contributed by atoms with Gasteiger partial charge in [0, 0.05) is 45.6 Å². The van der Waals surface area contributed by atoms with Gasteiger partial charge in [0.1, 0.15) is 11.9 Å². The molecule has 4 aliphatic rings. The van der Waals surface area contributed by atoms with Gasteiger partial charge in [-0.2, -0.15) is 0 Å². The van der Waals surface area contributed by atoms with E-state index >= 15 is 0 Å². The monoisotopic (exact) mass is 650 g/mol. The number of fused-ring (bicyclic) bond motifs is 6. The number of rotatable bonds is 4. The summed E-state index contributed by atoms with van der Waals surface area (Å²) in [6.45, 7) is 13.8. The zero-order valence-corrected chi connectivity index (χ0v) is 29.8. The fraction of sp³-hybridized carbons (Fsp3) is 0.217. The maximum atomic E-state index is 6.75. The van der Waals surface area contributed by atoms with Crippen LogP contribution in [0.25, 0.3) is 5.76 Å². The molecule has 0 radical (unpaired) electrons. The first kappa shape index (κ1) is 30.8. The second-order valence-electron chi connectivity index (χ2n) is 16.2. The first-order chi connectivity index (χ1) is 24.1. The van der Waals surface area contributed by atoms with Crippen molar-refractivity contribution < 1.29 is 4.74 Å². The molecule has 5 aromatic carbocycles. The third-order valence-corrected chi connectivity index (χ3v) is 10.9. The Morgan fingerprint density at radius 3 is 1.88 bits per heavy atom. The van der Waals surface area contributed by atoms with E-state index in [2.05, 4.69) is 191 Å². The van der Waals surface area contributed by atoms with E-state index in [1.54, 1.807) is 0 Å². The normalized spacial score (nSPS) is 18.4. The molecule has 1 aliphatic carbocycles. The van der Waals surface area contributed by atoms with Crippen LogP contribution in [0.3, 0.4) is 0 Å². The number of hydrogen-bond donors (Lipinski definition) is 0. The Morgan fingerprint density at radius 2 is 1.24 bits per heavy atom. The molecule has 0 saturated heterocycles. The molecule has 2 unspecified atom stereocenters. The molecule has 0 N–H and O–H groups in total. The molecule has 246 valence electrons. The minimum absolute atomic E-state index is 0.0549. The summed E-state index contributed by atoms with van der Waals surface area (Å²) in [5.74, 6) is 1.30. The van der Waals surface area contributed by atoms with Crippen molar-refractivity contribution in [2.24, 2.45) is 5.92 Å². The summed E-state index contributed by atoms with van der Waals surface area (Å²) >= 11 is 0. The molecule has 5 aromatic rings. The molecule has 0 spiro atoms. The number of nitrogens with zero attached hydrogens (tertiary/aromatic N) is 2. The van der Waals surface area contributed by atoms with Crippen LogP contribution in [0.15, 0.2) is 145 Å². The van der Waals surface area contributed by atoms with Gasteiger partial charge >= 0.3 is 0 Å². The van der Waals surface area contributed by atoms with Crippen molar-refractivity contribution in [2.75, 3.05) is 9.80 Å². The first-order valence-electron chi connectivity index (χ1n) is 18.0. The Labute approximate surface area is 297 Å². The maximum Gasteiger partial charge on any atom is 0.248 e. The molecule has 50 heavy (non-hydrogen) atoms. The third-order valence-electron chi connectivity index (χ3n) is 10.9. The molecule has 0 saturated carbocycles. The molecular formula is C46H43BN2O. The Kier molecular flexibility index (Phi) is 6.87. The molecule has 2 atom stereocenters. The summed E-state index contributed by atoms with van der Waals surface area (Å²) in [6, 6.07) is 42.9. The Hall–Kier alpha value is -5.22. The lowest BCUT2D eigenvalue weighted by Gasteiger charge is -2.38. The maximum absolute atomic E-state index is 6.75. The van der Waals surface area contributed by atoms with Gasteiger partial charge in [-0.3, -0.25) is 0 Å².